The number of likely N-dealkylation sites (tertiary alicyclic amines) is 1. The largest absolute Gasteiger partial charge is 0.467 e. The van der Waals surface area contributed by atoms with E-state index in [1.165, 1.54) is 12.0 Å². The number of nitrogens with zero attached hydrogens (tertiary/aromatic N) is 1. The number of hydrogen-bond acceptors (Lipinski definition) is 5. The number of nitrogens with one attached hydrogen (secondary N) is 3. The molecule has 1 aliphatic carbocycles. The van der Waals surface area contributed by atoms with E-state index in [1.54, 1.807) is 19.9 Å². The Balaban J connectivity index is 2.07. The molecule has 1 saturated heterocycles. The molecule has 9 heteroatoms. The molecule has 2 aliphatic rings. The predicted octanol–water partition coefficient (Wildman–Crippen LogP) is 0.165. The van der Waals surface area contributed by atoms with Gasteiger partial charge in [-0.25, -0.2) is 9.59 Å². The Labute approximate surface area is 165 Å². The summed E-state index contributed by atoms with van der Waals surface area (Å²) in [5.74, 6) is -1.22. The van der Waals surface area contributed by atoms with E-state index in [-0.39, 0.29) is 42.8 Å². The average Bonchev–Trinajstić information content (AvgIpc) is 3.43. The number of methoxy groups -OCH3 is 1. The van der Waals surface area contributed by atoms with Crippen LogP contribution in [0.5, 0.6) is 0 Å². The molecule has 0 aromatic carbocycles. The van der Waals surface area contributed by atoms with Crippen LogP contribution in [-0.4, -0.2) is 67.0 Å². The van der Waals surface area contributed by atoms with Crippen LogP contribution < -0.4 is 16.0 Å². The lowest BCUT2D eigenvalue weighted by molar-refractivity contribution is -0.147. The van der Waals surface area contributed by atoms with Gasteiger partial charge in [0, 0.05) is 19.0 Å². The van der Waals surface area contributed by atoms with Crippen LogP contribution in [0.1, 0.15) is 33.1 Å². The van der Waals surface area contributed by atoms with E-state index in [2.05, 4.69) is 22.5 Å². The SMILES string of the molecule is C=CCNC(=O)NC1CC(C(=O)NC(C(=O)OC)C(C)C)N(C(=O)C2CC2)C1. The van der Waals surface area contributed by atoms with E-state index in [9.17, 15) is 19.2 Å². The number of ether oxygens (including phenoxy) is 1. The number of esters is 1. The molecule has 0 radical (unpaired) electrons. The van der Waals surface area contributed by atoms with Gasteiger partial charge in [0.1, 0.15) is 12.1 Å². The zero-order chi connectivity index (χ0) is 20.8. The number of carbonyl (C=O) groups is 4. The molecular formula is C19H30N4O5. The van der Waals surface area contributed by atoms with Gasteiger partial charge in [-0.2, -0.15) is 0 Å². The molecule has 2 rings (SSSR count). The van der Waals surface area contributed by atoms with Crippen molar-refractivity contribution in [3.8, 4) is 0 Å². The minimum atomic E-state index is -0.793. The van der Waals surface area contributed by atoms with Gasteiger partial charge >= 0.3 is 12.0 Å². The predicted molar refractivity (Wildman–Crippen MR) is 102 cm³/mol. The van der Waals surface area contributed by atoms with Crippen LogP contribution in [0.25, 0.3) is 0 Å². The molecule has 3 unspecified atom stereocenters. The molecule has 3 N–H and O–H groups in total. The van der Waals surface area contributed by atoms with Crippen molar-refractivity contribution < 1.29 is 23.9 Å². The normalized spacial score (nSPS) is 22.4. The molecule has 0 bridgehead atoms. The Hall–Kier alpha value is -2.58. The summed E-state index contributed by atoms with van der Waals surface area (Å²) in [6.07, 6.45) is 3.49. The van der Waals surface area contributed by atoms with E-state index in [4.69, 9.17) is 4.74 Å². The van der Waals surface area contributed by atoms with Crippen molar-refractivity contribution in [2.75, 3.05) is 20.2 Å². The molecule has 1 saturated carbocycles. The fourth-order valence-electron chi connectivity index (χ4n) is 3.27. The summed E-state index contributed by atoms with van der Waals surface area (Å²) < 4.78 is 4.76. The van der Waals surface area contributed by atoms with Crippen molar-refractivity contribution in [1.29, 1.82) is 0 Å². The number of carbonyl (C=O) groups excluding carboxylic acids is 4. The van der Waals surface area contributed by atoms with E-state index < -0.39 is 24.0 Å². The third kappa shape index (κ3) is 5.46. The van der Waals surface area contributed by atoms with Crippen LogP contribution in [0.2, 0.25) is 0 Å². The fourth-order valence-corrected chi connectivity index (χ4v) is 3.27. The van der Waals surface area contributed by atoms with Crippen LogP contribution in [-0.2, 0) is 19.1 Å². The van der Waals surface area contributed by atoms with Crippen LogP contribution in [0.3, 0.4) is 0 Å². The Morgan fingerprint density at radius 1 is 1.25 bits per heavy atom. The zero-order valence-corrected chi connectivity index (χ0v) is 16.7. The highest BCUT2D eigenvalue weighted by molar-refractivity contribution is 5.92. The first-order valence-corrected chi connectivity index (χ1v) is 9.62. The second kappa shape index (κ2) is 9.57. The summed E-state index contributed by atoms with van der Waals surface area (Å²) in [6.45, 7) is 7.73. The maximum atomic E-state index is 12.9. The monoisotopic (exact) mass is 394 g/mol. The van der Waals surface area contributed by atoms with Gasteiger partial charge in [0.15, 0.2) is 0 Å². The van der Waals surface area contributed by atoms with Crippen LogP contribution in [0.4, 0.5) is 4.79 Å². The Bertz CT molecular complexity index is 632. The quantitative estimate of drug-likeness (QED) is 0.401. The van der Waals surface area contributed by atoms with E-state index in [1.807, 2.05) is 0 Å². The average molecular weight is 394 g/mol. The molecule has 3 atom stereocenters. The molecule has 28 heavy (non-hydrogen) atoms. The maximum Gasteiger partial charge on any atom is 0.328 e. The van der Waals surface area contributed by atoms with Gasteiger partial charge < -0.3 is 25.6 Å². The molecule has 0 aromatic heterocycles. The Morgan fingerprint density at radius 2 is 1.93 bits per heavy atom. The van der Waals surface area contributed by atoms with Crippen molar-refractivity contribution >= 4 is 23.8 Å². The molecule has 1 heterocycles. The lowest BCUT2D eigenvalue weighted by Crippen LogP contribution is -2.52. The Morgan fingerprint density at radius 3 is 2.46 bits per heavy atom. The minimum absolute atomic E-state index is 0.0508. The second-order valence-electron chi connectivity index (χ2n) is 7.61. The second-order valence-corrected chi connectivity index (χ2v) is 7.61. The topological polar surface area (TPSA) is 117 Å². The fraction of sp³-hybridized carbons (Fsp3) is 0.684. The van der Waals surface area contributed by atoms with Crippen LogP contribution in [0.15, 0.2) is 12.7 Å². The Kier molecular flexibility index (Phi) is 7.42. The summed E-state index contributed by atoms with van der Waals surface area (Å²) in [5, 5.41) is 8.12. The third-order valence-electron chi connectivity index (χ3n) is 4.98. The van der Waals surface area contributed by atoms with E-state index >= 15 is 0 Å². The van der Waals surface area contributed by atoms with Gasteiger partial charge in [0.25, 0.3) is 0 Å². The molecule has 0 aromatic rings. The summed E-state index contributed by atoms with van der Waals surface area (Å²) in [5.41, 5.74) is 0. The minimum Gasteiger partial charge on any atom is -0.467 e. The van der Waals surface area contributed by atoms with Crippen LogP contribution >= 0.6 is 0 Å². The highest BCUT2D eigenvalue weighted by Crippen LogP contribution is 2.34. The molecule has 4 amide bonds. The van der Waals surface area contributed by atoms with Gasteiger partial charge in [0.05, 0.1) is 13.2 Å². The molecule has 156 valence electrons. The molecule has 2 fully saturated rings. The standard InChI is InChI=1S/C19H30N4O5/c1-5-8-20-19(27)21-13-9-14(23(10-13)17(25)12-6-7-12)16(24)22-15(11(2)3)18(26)28-4/h5,11-15H,1,6-10H2,2-4H3,(H,22,24)(H2,20,21,27). The van der Waals surface area contributed by atoms with E-state index in [0.29, 0.717) is 6.54 Å². The van der Waals surface area contributed by atoms with Gasteiger partial charge in [-0.15, -0.1) is 6.58 Å². The van der Waals surface area contributed by atoms with Gasteiger partial charge in [-0.05, 0) is 25.2 Å². The van der Waals surface area contributed by atoms with Gasteiger partial charge in [0.2, 0.25) is 11.8 Å². The summed E-state index contributed by atoms with van der Waals surface area (Å²) in [6, 6.07) is -2.25. The van der Waals surface area contributed by atoms with Crippen molar-refractivity contribution in [1.82, 2.24) is 20.9 Å². The van der Waals surface area contributed by atoms with Crippen molar-refractivity contribution in [3.63, 3.8) is 0 Å². The first-order chi connectivity index (χ1) is 13.3. The number of hydrogen-bond donors (Lipinski definition) is 3. The first-order valence-electron chi connectivity index (χ1n) is 9.62. The molecule has 1 aliphatic heterocycles. The lowest BCUT2D eigenvalue weighted by atomic mass is 10.0. The van der Waals surface area contributed by atoms with Gasteiger partial charge in [-0.3, -0.25) is 9.59 Å². The molecule has 0 spiro atoms. The smallest absolute Gasteiger partial charge is 0.328 e. The van der Waals surface area contributed by atoms with E-state index in [0.717, 1.165) is 12.8 Å². The zero-order valence-electron chi connectivity index (χ0n) is 16.7. The van der Waals surface area contributed by atoms with Gasteiger partial charge in [-0.1, -0.05) is 19.9 Å². The third-order valence-corrected chi connectivity index (χ3v) is 4.98. The highest BCUT2D eigenvalue weighted by Gasteiger charge is 2.45. The summed E-state index contributed by atoms with van der Waals surface area (Å²) in [7, 11) is 1.27. The van der Waals surface area contributed by atoms with Crippen molar-refractivity contribution in [2.45, 2.75) is 51.2 Å². The first kappa shape index (κ1) is 21.7. The van der Waals surface area contributed by atoms with Crippen molar-refractivity contribution in [2.24, 2.45) is 11.8 Å². The van der Waals surface area contributed by atoms with Crippen molar-refractivity contribution in [3.05, 3.63) is 12.7 Å². The van der Waals surface area contributed by atoms with Crippen LogP contribution in [0, 0.1) is 11.8 Å². The summed E-state index contributed by atoms with van der Waals surface area (Å²) >= 11 is 0. The molecule has 9 nitrogen and oxygen atoms in total. The maximum absolute atomic E-state index is 12.9. The lowest BCUT2D eigenvalue weighted by Gasteiger charge is -2.27. The number of urea groups is 1. The molecular weight excluding hydrogens is 364 g/mol. The summed E-state index contributed by atoms with van der Waals surface area (Å²) in [4.78, 5) is 50.9. The number of amides is 4. The number of rotatable bonds is 8. The highest BCUT2D eigenvalue weighted by atomic mass is 16.5.